The summed E-state index contributed by atoms with van der Waals surface area (Å²) in [7, 11) is 2.01. The van der Waals surface area contributed by atoms with Gasteiger partial charge in [-0.15, -0.1) is 0 Å². The molecule has 1 rings (SSSR count). The van der Waals surface area contributed by atoms with Crippen molar-refractivity contribution in [2.75, 3.05) is 34.2 Å². The lowest BCUT2D eigenvalue weighted by Gasteiger charge is -2.19. The first-order valence-corrected chi connectivity index (χ1v) is 7.65. The molecule has 6 heteroatoms. The average molecular weight is 285 g/mol. The number of likely N-dealkylation sites (N-methyl/N-ethyl adjacent to an activating group) is 2. The topological polar surface area (TPSA) is 66.6 Å². The maximum absolute atomic E-state index is 12.3. The fourth-order valence-corrected chi connectivity index (χ4v) is 2.75. The molecule has 0 radical (unpaired) electrons. The van der Waals surface area contributed by atoms with E-state index in [2.05, 4.69) is 0 Å². The van der Waals surface area contributed by atoms with E-state index in [0.29, 0.717) is 18.0 Å². The van der Waals surface area contributed by atoms with Gasteiger partial charge in [-0.2, -0.15) is 4.31 Å². The Hall–Kier alpha value is -0.950. The summed E-state index contributed by atoms with van der Waals surface area (Å²) in [6.07, 6.45) is 0. The van der Waals surface area contributed by atoms with Crippen LogP contribution >= 0.6 is 0 Å². The Kier molecular flexibility index (Phi) is 5.49. The van der Waals surface area contributed by atoms with Gasteiger partial charge in [0.2, 0.25) is 10.0 Å². The van der Waals surface area contributed by atoms with E-state index >= 15 is 0 Å². The monoisotopic (exact) mass is 285 g/mol. The number of rotatable bonds is 6. The first kappa shape index (κ1) is 16.1. The van der Waals surface area contributed by atoms with Gasteiger partial charge in [-0.3, -0.25) is 0 Å². The average Bonchev–Trinajstić information content (AvgIpc) is 2.35. The highest BCUT2D eigenvalue weighted by Gasteiger charge is 2.20. The summed E-state index contributed by atoms with van der Waals surface area (Å²) in [6.45, 7) is 3.02. The highest BCUT2D eigenvalue weighted by atomic mass is 32.2. The molecule has 2 N–H and O–H groups in total. The summed E-state index contributed by atoms with van der Waals surface area (Å²) in [5.41, 5.74) is 6.67. The summed E-state index contributed by atoms with van der Waals surface area (Å²) in [6, 6.07) is 6.65. The molecule has 0 aromatic heterocycles. The van der Waals surface area contributed by atoms with Crippen molar-refractivity contribution in [3.05, 3.63) is 29.8 Å². The van der Waals surface area contributed by atoms with Crippen LogP contribution in [-0.2, 0) is 10.0 Å². The molecule has 0 fully saturated rings. The second-order valence-electron chi connectivity index (χ2n) is 4.99. The predicted octanol–water partition coefficient (Wildman–Crippen LogP) is 0.888. The van der Waals surface area contributed by atoms with Crippen LogP contribution in [0.5, 0.6) is 0 Å². The molecule has 0 aliphatic rings. The van der Waals surface area contributed by atoms with Crippen LogP contribution in [-0.4, -0.2) is 51.9 Å². The van der Waals surface area contributed by atoms with E-state index in [1.807, 2.05) is 25.9 Å². The highest BCUT2D eigenvalue weighted by Crippen LogP contribution is 2.17. The van der Waals surface area contributed by atoms with E-state index in [4.69, 9.17) is 5.73 Å². The lowest BCUT2D eigenvalue weighted by atomic mass is 10.1. The van der Waals surface area contributed by atoms with E-state index in [1.165, 1.54) is 4.31 Å². The molecule has 108 valence electrons. The van der Waals surface area contributed by atoms with E-state index in [9.17, 15) is 8.42 Å². The van der Waals surface area contributed by atoms with Crippen LogP contribution in [0.3, 0.4) is 0 Å². The maximum Gasteiger partial charge on any atom is 0.242 e. The molecular weight excluding hydrogens is 262 g/mol. The van der Waals surface area contributed by atoms with Gasteiger partial charge in [0.1, 0.15) is 0 Å². The molecule has 0 bridgehead atoms. The summed E-state index contributed by atoms with van der Waals surface area (Å²) in [5.74, 6) is 0. The molecule has 1 aromatic carbocycles. The summed E-state index contributed by atoms with van der Waals surface area (Å²) >= 11 is 0. The largest absolute Gasteiger partial charge is 0.324 e. The predicted molar refractivity (Wildman–Crippen MR) is 77.4 cm³/mol. The summed E-state index contributed by atoms with van der Waals surface area (Å²) in [4.78, 5) is 2.25. The zero-order valence-electron chi connectivity index (χ0n) is 12.0. The van der Waals surface area contributed by atoms with Gasteiger partial charge >= 0.3 is 0 Å². The van der Waals surface area contributed by atoms with Gasteiger partial charge in [-0.05, 0) is 38.7 Å². The Morgan fingerprint density at radius 3 is 2.05 bits per heavy atom. The smallest absolute Gasteiger partial charge is 0.242 e. The molecular formula is C13H23N3O2S. The van der Waals surface area contributed by atoms with E-state index < -0.39 is 10.0 Å². The third-order valence-electron chi connectivity index (χ3n) is 2.98. The second kappa shape index (κ2) is 6.47. The Bertz CT molecular complexity index is 495. The van der Waals surface area contributed by atoms with Crippen molar-refractivity contribution in [2.24, 2.45) is 5.73 Å². The Labute approximate surface area is 116 Å². The van der Waals surface area contributed by atoms with Gasteiger partial charge in [0.25, 0.3) is 0 Å². The Morgan fingerprint density at radius 2 is 1.63 bits per heavy atom. The van der Waals surface area contributed by atoms with E-state index in [-0.39, 0.29) is 6.04 Å². The zero-order valence-corrected chi connectivity index (χ0v) is 12.8. The third kappa shape index (κ3) is 4.28. The minimum Gasteiger partial charge on any atom is -0.324 e. The number of hydrogen-bond acceptors (Lipinski definition) is 4. The molecule has 1 atom stereocenters. The lowest BCUT2D eigenvalue weighted by Crippen LogP contribution is -2.33. The minimum absolute atomic E-state index is 0.0942. The number of benzene rings is 1. The van der Waals surface area contributed by atoms with Crippen molar-refractivity contribution >= 4 is 10.0 Å². The second-order valence-corrected chi connectivity index (χ2v) is 7.03. The molecule has 0 aliphatic carbocycles. The number of nitrogens with zero attached hydrogens (tertiary/aromatic N) is 2. The van der Waals surface area contributed by atoms with Crippen LogP contribution in [0.2, 0.25) is 0 Å². The van der Waals surface area contributed by atoms with Crippen molar-refractivity contribution < 1.29 is 8.42 Å². The highest BCUT2D eigenvalue weighted by molar-refractivity contribution is 7.89. The van der Waals surface area contributed by atoms with E-state index in [1.54, 1.807) is 31.3 Å². The molecule has 0 aliphatic heterocycles. The molecule has 0 spiro atoms. The molecule has 5 nitrogen and oxygen atoms in total. The SMILES string of the molecule is CC(N)c1ccc(S(=O)(=O)N(C)CCN(C)C)cc1. The lowest BCUT2D eigenvalue weighted by molar-refractivity contribution is 0.358. The molecule has 0 amide bonds. The molecule has 1 aromatic rings. The van der Waals surface area contributed by atoms with Crippen molar-refractivity contribution in [3.8, 4) is 0 Å². The number of sulfonamides is 1. The van der Waals surface area contributed by atoms with Crippen LogP contribution in [0, 0.1) is 0 Å². The van der Waals surface area contributed by atoms with Crippen LogP contribution in [0.25, 0.3) is 0 Å². The molecule has 19 heavy (non-hydrogen) atoms. The molecule has 0 saturated carbocycles. The maximum atomic E-state index is 12.3. The fourth-order valence-electron chi connectivity index (χ4n) is 1.58. The molecule has 1 unspecified atom stereocenters. The van der Waals surface area contributed by atoms with Crippen LogP contribution < -0.4 is 5.73 Å². The first-order valence-electron chi connectivity index (χ1n) is 6.21. The Balaban J connectivity index is 2.87. The molecule has 0 heterocycles. The van der Waals surface area contributed by atoms with E-state index in [0.717, 1.165) is 5.56 Å². The summed E-state index contributed by atoms with van der Waals surface area (Å²) < 4.78 is 26.0. The van der Waals surface area contributed by atoms with Gasteiger partial charge < -0.3 is 10.6 Å². The summed E-state index contributed by atoms with van der Waals surface area (Å²) in [5, 5.41) is 0. The standard InChI is InChI=1S/C13H23N3O2S/c1-11(14)12-5-7-13(8-6-12)19(17,18)16(4)10-9-15(2)3/h5-8,11H,9-10,14H2,1-4H3. The van der Waals surface area contributed by atoms with Crippen molar-refractivity contribution in [1.82, 2.24) is 9.21 Å². The van der Waals surface area contributed by atoms with Crippen molar-refractivity contribution in [1.29, 1.82) is 0 Å². The van der Waals surface area contributed by atoms with Crippen LogP contribution in [0.15, 0.2) is 29.2 Å². The van der Waals surface area contributed by atoms with Crippen LogP contribution in [0.1, 0.15) is 18.5 Å². The van der Waals surface area contributed by atoms with Crippen LogP contribution in [0.4, 0.5) is 0 Å². The zero-order chi connectivity index (χ0) is 14.6. The van der Waals surface area contributed by atoms with Gasteiger partial charge in [0.15, 0.2) is 0 Å². The third-order valence-corrected chi connectivity index (χ3v) is 4.85. The van der Waals surface area contributed by atoms with Gasteiger partial charge in [-0.25, -0.2) is 8.42 Å². The quantitative estimate of drug-likeness (QED) is 0.843. The first-order chi connectivity index (χ1) is 8.75. The fraction of sp³-hybridized carbons (Fsp3) is 0.538. The normalized spacial score (nSPS) is 14.1. The van der Waals surface area contributed by atoms with Crippen molar-refractivity contribution in [3.63, 3.8) is 0 Å². The Morgan fingerprint density at radius 1 is 1.11 bits per heavy atom. The van der Waals surface area contributed by atoms with Gasteiger partial charge in [0.05, 0.1) is 4.90 Å². The minimum atomic E-state index is -3.41. The number of hydrogen-bond donors (Lipinski definition) is 1. The van der Waals surface area contributed by atoms with Gasteiger partial charge in [0, 0.05) is 26.2 Å². The molecule has 0 saturated heterocycles. The van der Waals surface area contributed by atoms with Crippen molar-refractivity contribution in [2.45, 2.75) is 17.9 Å². The van der Waals surface area contributed by atoms with Gasteiger partial charge in [-0.1, -0.05) is 12.1 Å². The number of nitrogens with two attached hydrogens (primary N) is 1.